The Morgan fingerprint density at radius 3 is 2.38 bits per heavy atom. The van der Waals surface area contributed by atoms with Crippen LogP contribution in [-0.2, 0) is 9.59 Å². The summed E-state index contributed by atoms with van der Waals surface area (Å²) in [6.45, 7) is 0. The number of halogens is 2. The maximum atomic E-state index is 12.9. The van der Waals surface area contributed by atoms with Gasteiger partial charge in [-0.15, -0.1) is 0 Å². The Morgan fingerprint density at radius 1 is 1.03 bits per heavy atom. The first kappa shape index (κ1) is 17.5. The first-order chi connectivity index (χ1) is 14.0. The molecule has 1 aromatic heterocycles. The predicted octanol–water partition coefficient (Wildman–Crippen LogP) is 4.78. The first-order valence-electron chi connectivity index (χ1n) is 9.65. The van der Waals surface area contributed by atoms with Gasteiger partial charge in [-0.3, -0.25) is 9.59 Å². The normalized spacial score (nSPS) is 30.9. The Hall–Kier alpha value is -2.37. The fourth-order valence-corrected chi connectivity index (χ4v) is 5.93. The van der Waals surface area contributed by atoms with Gasteiger partial charge in [0.1, 0.15) is 11.5 Å². The molecule has 0 radical (unpaired) electrons. The molecule has 7 heteroatoms. The monoisotopic (exact) mass is 426 g/mol. The molecule has 5 nitrogen and oxygen atoms in total. The van der Waals surface area contributed by atoms with Crippen molar-refractivity contribution >= 4 is 41.2 Å². The smallest absolute Gasteiger partial charge is 0.254 e. The van der Waals surface area contributed by atoms with Crippen LogP contribution < -0.4 is 0 Å². The van der Waals surface area contributed by atoms with E-state index in [0.717, 1.165) is 17.9 Å². The Balaban J connectivity index is 1.25. The van der Waals surface area contributed by atoms with Crippen LogP contribution in [0.4, 0.5) is 0 Å². The van der Waals surface area contributed by atoms with Gasteiger partial charge in [0.05, 0.1) is 23.1 Å². The highest BCUT2D eigenvalue weighted by atomic mass is 35.5. The lowest BCUT2D eigenvalue weighted by Gasteiger charge is -2.18. The number of carbonyl (C=O) groups is 2. The van der Waals surface area contributed by atoms with Crippen LogP contribution in [0, 0.1) is 29.1 Å². The zero-order valence-electron chi connectivity index (χ0n) is 15.2. The van der Waals surface area contributed by atoms with E-state index in [1.165, 1.54) is 6.21 Å². The molecular formula is C22H16Cl2N2O3. The number of amides is 2. The summed E-state index contributed by atoms with van der Waals surface area (Å²) in [5, 5.41) is 6.28. The maximum Gasteiger partial charge on any atom is 0.254 e. The summed E-state index contributed by atoms with van der Waals surface area (Å²) in [6.07, 6.45) is 7.93. The van der Waals surface area contributed by atoms with Gasteiger partial charge in [0, 0.05) is 10.6 Å². The van der Waals surface area contributed by atoms with Crippen LogP contribution in [-0.4, -0.2) is 23.0 Å². The first-order valence-corrected chi connectivity index (χ1v) is 10.4. The van der Waals surface area contributed by atoms with Gasteiger partial charge >= 0.3 is 0 Å². The minimum atomic E-state index is -0.255. The zero-order chi connectivity index (χ0) is 19.9. The van der Waals surface area contributed by atoms with E-state index in [2.05, 4.69) is 17.3 Å². The van der Waals surface area contributed by atoms with Gasteiger partial charge in [-0.25, -0.2) is 0 Å². The van der Waals surface area contributed by atoms with E-state index in [0.29, 0.717) is 27.1 Å². The van der Waals surface area contributed by atoms with Crippen LogP contribution in [0.25, 0.3) is 11.3 Å². The molecule has 29 heavy (non-hydrogen) atoms. The van der Waals surface area contributed by atoms with Crippen molar-refractivity contribution in [2.45, 2.75) is 12.8 Å². The molecule has 1 aromatic carbocycles. The van der Waals surface area contributed by atoms with Crippen LogP contribution >= 0.6 is 23.2 Å². The Morgan fingerprint density at radius 2 is 1.72 bits per heavy atom. The van der Waals surface area contributed by atoms with Crippen molar-refractivity contribution in [2.75, 3.05) is 0 Å². The molecule has 146 valence electrons. The predicted molar refractivity (Wildman–Crippen MR) is 108 cm³/mol. The van der Waals surface area contributed by atoms with Gasteiger partial charge in [-0.2, -0.15) is 10.1 Å². The van der Waals surface area contributed by atoms with E-state index < -0.39 is 0 Å². The minimum Gasteiger partial charge on any atom is -0.455 e. The highest BCUT2D eigenvalue weighted by Gasteiger charge is 2.73. The number of hydrazone groups is 1. The van der Waals surface area contributed by atoms with E-state index in [1.807, 2.05) is 0 Å². The molecule has 2 aromatic rings. The highest BCUT2D eigenvalue weighted by Crippen LogP contribution is 2.73. The van der Waals surface area contributed by atoms with Crippen LogP contribution in [0.15, 0.2) is 52.0 Å². The fourth-order valence-electron chi connectivity index (χ4n) is 5.54. The summed E-state index contributed by atoms with van der Waals surface area (Å²) in [7, 11) is 0. The molecule has 2 bridgehead atoms. The number of hydrogen-bond donors (Lipinski definition) is 0. The van der Waals surface area contributed by atoms with E-state index >= 15 is 0 Å². The van der Waals surface area contributed by atoms with Crippen molar-refractivity contribution in [3.63, 3.8) is 0 Å². The number of benzene rings is 1. The topological polar surface area (TPSA) is 62.9 Å². The summed E-state index contributed by atoms with van der Waals surface area (Å²) in [5.41, 5.74) is 0.849. The number of hydrogen-bond acceptors (Lipinski definition) is 4. The standard InChI is InChI=1S/C22H16Cl2N2O3/c23-11-1-5-16(24)13(9-11)17-6-2-12(29-17)10-25-26-20(27)18-14-3-4-15(19(18)21(26)28)22(14)7-8-22/h1-6,9-10,14-15,18-19H,7-8H2/b25-10+. The minimum absolute atomic E-state index is 0.183. The molecule has 4 atom stereocenters. The molecule has 1 aliphatic heterocycles. The third-order valence-corrected chi connectivity index (χ3v) is 7.52. The summed E-state index contributed by atoms with van der Waals surface area (Å²) in [4.78, 5) is 25.9. The quantitative estimate of drug-likeness (QED) is 0.402. The number of imide groups is 1. The van der Waals surface area contributed by atoms with E-state index in [-0.39, 0.29) is 40.9 Å². The molecule has 1 spiro atoms. The van der Waals surface area contributed by atoms with Crippen molar-refractivity contribution in [1.82, 2.24) is 5.01 Å². The average Bonchev–Trinajstić information content (AvgIpc) is 2.99. The third-order valence-electron chi connectivity index (χ3n) is 6.95. The van der Waals surface area contributed by atoms with E-state index in [1.54, 1.807) is 30.3 Å². The molecule has 0 N–H and O–H groups in total. The Kier molecular flexibility index (Phi) is 3.52. The molecule has 2 amide bonds. The van der Waals surface area contributed by atoms with Crippen LogP contribution in [0.3, 0.4) is 0 Å². The molecule has 3 fully saturated rings. The van der Waals surface area contributed by atoms with Gasteiger partial charge in [0.2, 0.25) is 0 Å². The van der Waals surface area contributed by atoms with Crippen LogP contribution in [0.5, 0.6) is 0 Å². The molecule has 3 aliphatic carbocycles. The van der Waals surface area contributed by atoms with Crippen LogP contribution in [0.2, 0.25) is 10.0 Å². The van der Waals surface area contributed by atoms with Crippen molar-refractivity contribution in [3.8, 4) is 11.3 Å². The van der Waals surface area contributed by atoms with Crippen molar-refractivity contribution in [2.24, 2.45) is 34.2 Å². The summed E-state index contributed by atoms with van der Waals surface area (Å²) >= 11 is 12.3. The lowest BCUT2D eigenvalue weighted by atomic mass is 9.85. The molecule has 2 heterocycles. The molecule has 1 saturated heterocycles. The van der Waals surface area contributed by atoms with E-state index in [4.69, 9.17) is 27.6 Å². The van der Waals surface area contributed by atoms with E-state index in [9.17, 15) is 9.59 Å². The van der Waals surface area contributed by atoms with Gasteiger partial charge in [-0.1, -0.05) is 35.4 Å². The fraction of sp³-hybridized carbons (Fsp3) is 0.318. The number of allylic oxidation sites excluding steroid dienone is 2. The molecule has 6 rings (SSSR count). The number of carbonyl (C=O) groups excluding carboxylic acids is 2. The van der Waals surface area contributed by atoms with Gasteiger partial charge in [-0.05, 0) is 60.4 Å². The summed E-state index contributed by atoms with van der Waals surface area (Å²) < 4.78 is 5.77. The van der Waals surface area contributed by atoms with Gasteiger partial charge < -0.3 is 4.42 Å². The molecular weight excluding hydrogens is 411 g/mol. The zero-order valence-corrected chi connectivity index (χ0v) is 16.7. The summed E-state index contributed by atoms with van der Waals surface area (Å²) in [5.74, 6) is 0.446. The second-order valence-electron chi connectivity index (χ2n) is 8.28. The number of fused-ring (bicyclic) bond motifs is 3. The Bertz CT molecular complexity index is 1100. The lowest BCUT2D eigenvalue weighted by Crippen LogP contribution is -2.30. The maximum absolute atomic E-state index is 12.9. The third kappa shape index (κ3) is 2.31. The second-order valence-corrected chi connectivity index (χ2v) is 9.12. The van der Waals surface area contributed by atoms with Crippen molar-refractivity contribution in [1.29, 1.82) is 0 Å². The van der Waals surface area contributed by atoms with Crippen LogP contribution in [0.1, 0.15) is 18.6 Å². The highest BCUT2D eigenvalue weighted by molar-refractivity contribution is 6.35. The van der Waals surface area contributed by atoms with Gasteiger partial charge in [0.15, 0.2) is 0 Å². The SMILES string of the molecule is O=C1C2C(C(=O)N1/N=C/c1ccc(-c3cc(Cl)ccc3Cl)o1)C1C=CC2C12CC2. The molecule has 2 saturated carbocycles. The largest absolute Gasteiger partial charge is 0.455 e. The second kappa shape index (κ2) is 5.83. The number of rotatable bonds is 3. The van der Waals surface area contributed by atoms with Crippen molar-refractivity contribution in [3.05, 3.63) is 58.3 Å². The van der Waals surface area contributed by atoms with Gasteiger partial charge in [0.25, 0.3) is 11.8 Å². The lowest BCUT2D eigenvalue weighted by molar-refractivity contribution is -0.141. The van der Waals surface area contributed by atoms with Crippen molar-refractivity contribution < 1.29 is 14.0 Å². The molecule has 4 unspecified atom stereocenters. The number of nitrogens with zero attached hydrogens (tertiary/aromatic N) is 2. The molecule has 4 aliphatic rings. The number of furan rings is 1. The summed E-state index contributed by atoms with van der Waals surface area (Å²) in [6, 6.07) is 8.59. The average molecular weight is 427 g/mol. The Labute approximate surface area is 177 Å².